The molecule has 0 spiro atoms. The zero-order chi connectivity index (χ0) is 14.7. The first-order valence-corrected chi connectivity index (χ1v) is 6.21. The van der Waals surface area contributed by atoms with E-state index >= 15 is 0 Å². The third-order valence-electron chi connectivity index (χ3n) is 2.45. The van der Waals surface area contributed by atoms with Crippen molar-refractivity contribution in [1.29, 1.82) is 0 Å². The van der Waals surface area contributed by atoms with Gasteiger partial charge in [0.1, 0.15) is 5.75 Å². The fourth-order valence-electron chi connectivity index (χ4n) is 1.55. The molecule has 2 aromatic rings. The van der Waals surface area contributed by atoms with Crippen LogP contribution in [0.2, 0.25) is 0 Å². The van der Waals surface area contributed by atoms with Gasteiger partial charge in [0.15, 0.2) is 17.4 Å². The van der Waals surface area contributed by atoms with Crippen LogP contribution in [-0.2, 0) is 0 Å². The van der Waals surface area contributed by atoms with E-state index in [9.17, 15) is 8.78 Å². The number of rotatable bonds is 3. The predicted octanol–water partition coefficient (Wildman–Crippen LogP) is 3.61. The monoisotopic (exact) mass is 342 g/mol. The minimum Gasteiger partial charge on any atom is -0.453 e. The molecule has 0 saturated carbocycles. The second kappa shape index (κ2) is 5.87. The van der Waals surface area contributed by atoms with Crippen LogP contribution in [0.15, 0.2) is 46.0 Å². The summed E-state index contributed by atoms with van der Waals surface area (Å²) >= 11 is 3.05. The number of benzene rings is 2. The number of oxime groups is 1. The maximum absolute atomic E-state index is 13.7. The molecule has 20 heavy (non-hydrogen) atoms. The zero-order valence-electron chi connectivity index (χ0n) is 9.98. The summed E-state index contributed by atoms with van der Waals surface area (Å²) in [5.74, 6) is -2.54. The molecule has 104 valence electrons. The normalized spacial score (nSPS) is 11.4. The highest BCUT2D eigenvalue weighted by molar-refractivity contribution is 9.10. The fourth-order valence-corrected chi connectivity index (χ4v) is 1.96. The maximum Gasteiger partial charge on any atom is 0.201 e. The lowest BCUT2D eigenvalue weighted by molar-refractivity contribution is 0.318. The van der Waals surface area contributed by atoms with E-state index in [2.05, 4.69) is 21.1 Å². The molecule has 0 aliphatic heterocycles. The minimum atomic E-state index is -1.12. The van der Waals surface area contributed by atoms with E-state index in [1.165, 1.54) is 18.2 Å². The summed E-state index contributed by atoms with van der Waals surface area (Å²) in [5.41, 5.74) is 5.75. The Labute approximate surface area is 121 Å². The summed E-state index contributed by atoms with van der Waals surface area (Å²) in [5, 5.41) is 11.5. The molecule has 0 saturated heterocycles. The van der Waals surface area contributed by atoms with Gasteiger partial charge in [-0.2, -0.15) is 4.39 Å². The molecular formula is C13H9BrF2N2O2. The number of nitrogens with two attached hydrogens (primary N) is 1. The number of amidine groups is 1. The van der Waals surface area contributed by atoms with Crippen molar-refractivity contribution in [2.45, 2.75) is 0 Å². The van der Waals surface area contributed by atoms with Gasteiger partial charge in [0, 0.05) is 4.47 Å². The molecule has 0 radical (unpaired) electrons. The molecule has 0 amide bonds. The average Bonchev–Trinajstić information content (AvgIpc) is 2.44. The summed E-state index contributed by atoms with van der Waals surface area (Å²) in [6.07, 6.45) is 0. The van der Waals surface area contributed by atoms with Crippen LogP contribution in [0, 0.1) is 11.6 Å². The Kier molecular flexibility index (Phi) is 4.19. The Morgan fingerprint density at radius 3 is 2.60 bits per heavy atom. The van der Waals surface area contributed by atoms with Crippen LogP contribution < -0.4 is 10.5 Å². The van der Waals surface area contributed by atoms with E-state index in [0.717, 1.165) is 6.07 Å². The second-order valence-corrected chi connectivity index (χ2v) is 4.70. The van der Waals surface area contributed by atoms with Crippen LogP contribution in [0.4, 0.5) is 8.78 Å². The summed E-state index contributed by atoms with van der Waals surface area (Å²) in [6, 6.07) is 8.54. The van der Waals surface area contributed by atoms with Gasteiger partial charge in [-0.3, -0.25) is 0 Å². The molecule has 0 unspecified atom stereocenters. The number of ether oxygens (including phenoxy) is 1. The highest BCUT2D eigenvalue weighted by Crippen LogP contribution is 2.31. The topological polar surface area (TPSA) is 67.8 Å². The Morgan fingerprint density at radius 1 is 1.20 bits per heavy atom. The molecule has 2 aromatic carbocycles. The summed E-state index contributed by atoms with van der Waals surface area (Å²) in [6.45, 7) is 0. The molecule has 7 heteroatoms. The lowest BCUT2D eigenvalue weighted by Gasteiger charge is -2.11. The lowest BCUT2D eigenvalue weighted by atomic mass is 10.2. The Morgan fingerprint density at radius 2 is 1.90 bits per heavy atom. The van der Waals surface area contributed by atoms with Crippen LogP contribution in [0.5, 0.6) is 11.5 Å². The van der Waals surface area contributed by atoms with Crippen LogP contribution in [0.1, 0.15) is 5.56 Å². The number of hydrogen-bond donors (Lipinski definition) is 2. The number of halogens is 3. The Balaban J connectivity index is 2.46. The van der Waals surface area contributed by atoms with E-state index in [1.54, 1.807) is 12.1 Å². The van der Waals surface area contributed by atoms with Gasteiger partial charge in [-0.1, -0.05) is 33.2 Å². The first-order chi connectivity index (χ1) is 9.52. The van der Waals surface area contributed by atoms with Gasteiger partial charge in [-0.15, -0.1) is 0 Å². The van der Waals surface area contributed by atoms with Gasteiger partial charge in [0.05, 0.1) is 5.56 Å². The smallest absolute Gasteiger partial charge is 0.201 e. The molecule has 2 rings (SSSR count). The Bertz CT molecular complexity index is 677. The lowest BCUT2D eigenvalue weighted by Crippen LogP contribution is -2.14. The van der Waals surface area contributed by atoms with Gasteiger partial charge >= 0.3 is 0 Å². The van der Waals surface area contributed by atoms with E-state index in [-0.39, 0.29) is 22.9 Å². The molecule has 0 heterocycles. The molecule has 0 aromatic heterocycles. The molecule has 0 atom stereocenters. The first-order valence-electron chi connectivity index (χ1n) is 5.42. The summed E-state index contributed by atoms with van der Waals surface area (Å²) in [7, 11) is 0. The van der Waals surface area contributed by atoms with Gasteiger partial charge < -0.3 is 15.7 Å². The third kappa shape index (κ3) is 2.88. The van der Waals surface area contributed by atoms with Crippen molar-refractivity contribution in [2.75, 3.05) is 0 Å². The predicted molar refractivity (Wildman–Crippen MR) is 73.1 cm³/mol. The standard InChI is InChI=1S/C13H9BrF2N2O2/c14-7-5-9(15)12(16)11(6-7)20-10-4-2-1-3-8(10)13(17)18-19/h1-6,19H,(H2,17,18). The average molecular weight is 343 g/mol. The number of nitrogens with zero attached hydrogens (tertiary/aromatic N) is 1. The van der Waals surface area contributed by atoms with Gasteiger partial charge in [-0.05, 0) is 24.3 Å². The van der Waals surface area contributed by atoms with Crippen molar-refractivity contribution in [3.63, 3.8) is 0 Å². The van der Waals surface area contributed by atoms with Crippen LogP contribution in [0.25, 0.3) is 0 Å². The van der Waals surface area contributed by atoms with Gasteiger partial charge in [-0.25, -0.2) is 4.39 Å². The Hall–Kier alpha value is -2.15. The summed E-state index contributed by atoms with van der Waals surface area (Å²) in [4.78, 5) is 0. The van der Waals surface area contributed by atoms with Gasteiger partial charge in [0.25, 0.3) is 0 Å². The van der Waals surface area contributed by atoms with Crippen LogP contribution >= 0.6 is 15.9 Å². The molecule has 0 aliphatic rings. The van der Waals surface area contributed by atoms with E-state index in [4.69, 9.17) is 15.7 Å². The van der Waals surface area contributed by atoms with E-state index in [1.807, 2.05) is 0 Å². The van der Waals surface area contributed by atoms with Crippen molar-refractivity contribution in [2.24, 2.45) is 10.9 Å². The van der Waals surface area contributed by atoms with Crippen LogP contribution in [-0.4, -0.2) is 11.0 Å². The molecule has 0 fully saturated rings. The van der Waals surface area contributed by atoms with Crippen LogP contribution in [0.3, 0.4) is 0 Å². The maximum atomic E-state index is 13.7. The van der Waals surface area contributed by atoms with Crippen molar-refractivity contribution in [3.8, 4) is 11.5 Å². The first kappa shape index (κ1) is 14.3. The minimum absolute atomic E-state index is 0.138. The van der Waals surface area contributed by atoms with E-state index in [0.29, 0.717) is 4.47 Å². The highest BCUT2D eigenvalue weighted by atomic mass is 79.9. The number of para-hydroxylation sites is 1. The highest BCUT2D eigenvalue weighted by Gasteiger charge is 2.15. The largest absolute Gasteiger partial charge is 0.453 e. The van der Waals surface area contributed by atoms with Crippen molar-refractivity contribution in [3.05, 3.63) is 58.1 Å². The second-order valence-electron chi connectivity index (χ2n) is 3.78. The van der Waals surface area contributed by atoms with Gasteiger partial charge in [0.2, 0.25) is 5.82 Å². The zero-order valence-corrected chi connectivity index (χ0v) is 11.6. The van der Waals surface area contributed by atoms with Crippen molar-refractivity contribution < 1.29 is 18.7 Å². The molecular weight excluding hydrogens is 334 g/mol. The quantitative estimate of drug-likeness (QED) is 0.294. The molecule has 0 bridgehead atoms. The molecule has 3 N–H and O–H groups in total. The summed E-state index contributed by atoms with van der Waals surface area (Å²) < 4.78 is 32.6. The third-order valence-corrected chi connectivity index (χ3v) is 2.91. The number of hydrogen-bond acceptors (Lipinski definition) is 3. The van der Waals surface area contributed by atoms with E-state index < -0.39 is 11.6 Å². The van der Waals surface area contributed by atoms with Crippen molar-refractivity contribution >= 4 is 21.8 Å². The molecule has 4 nitrogen and oxygen atoms in total. The molecule has 0 aliphatic carbocycles. The SMILES string of the molecule is N/C(=N/O)c1ccccc1Oc1cc(Br)cc(F)c1F. The fraction of sp³-hybridized carbons (Fsp3) is 0. The van der Waals surface area contributed by atoms with Crippen molar-refractivity contribution in [1.82, 2.24) is 0 Å².